The fourth-order valence-corrected chi connectivity index (χ4v) is 2.45. The normalized spacial score (nSPS) is 10.5. The Kier molecular flexibility index (Phi) is 5.76. The molecule has 0 atom stereocenters. The Labute approximate surface area is 156 Å². The van der Waals surface area contributed by atoms with E-state index in [4.69, 9.17) is 13.9 Å². The number of nitrogens with one attached hydrogen (secondary N) is 1. The Balaban J connectivity index is 1.59. The second-order valence-electron chi connectivity index (χ2n) is 5.90. The highest BCUT2D eigenvalue weighted by atomic mass is 19.1. The summed E-state index contributed by atoms with van der Waals surface area (Å²) in [6, 6.07) is 14.9. The maximum atomic E-state index is 13.8. The molecular formula is C21H20FNO4. The van der Waals surface area contributed by atoms with E-state index in [2.05, 4.69) is 5.32 Å². The zero-order valence-electron chi connectivity index (χ0n) is 15.1. The van der Waals surface area contributed by atoms with E-state index < -0.39 is 11.7 Å². The summed E-state index contributed by atoms with van der Waals surface area (Å²) in [5, 5.41) is 2.51. The summed E-state index contributed by atoms with van der Waals surface area (Å²) in [5.74, 6) is 0.971. The van der Waals surface area contributed by atoms with Crippen molar-refractivity contribution >= 4 is 11.6 Å². The number of hydrogen-bond donors (Lipinski definition) is 1. The van der Waals surface area contributed by atoms with Crippen LogP contribution in [0.25, 0.3) is 0 Å². The van der Waals surface area contributed by atoms with E-state index in [1.807, 2.05) is 26.0 Å². The molecule has 1 heterocycles. The van der Waals surface area contributed by atoms with Crippen LogP contribution in [0.5, 0.6) is 11.5 Å². The number of halogens is 1. The molecule has 5 nitrogen and oxygen atoms in total. The van der Waals surface area contributed by atoms with Crippen LogP contribution in [0.4, 0.5) is 10.1 Å². The van der Waals surface area contributed by atoms with Gasteiger partial charge in [-0.15, -0.1) is 0 Å². The second kappa shape index (κ2) is 8.40. The summed E-state index contributed by atoms with van der Waals surface area (Å²) < 4.78 is 30.3. The third-order valence-corrected chi connectivity index (χ3v) is 3.77. The maximum absolute atomic E-state index is 13.8. The highest BCUT2D eigenvalue weighted by Crippen LogP contribution is 2.20. The molecule has 2 aromatic carbocycles. The molecular weight excluding hydrogens is 349 g/mol. The standard InChI is InChI=1S/C21H20FNO4/c1-3-25-15-5-7-16(8-6-15)26-13-17-9-11-20(27-17)21(24)23-19-12-14(2)4-10-18(19)22/h4-12H,3,13H2,1-2H3,(H,23,24). The molecule has 3 aromatic rings. The summed E-state index contributed by atoms with van der Waals surface area (Å²) >= 11 is 0. The van der Waals surface area contributed by atoms with Crippen molar-refractivity contribution < 1.29 is 23.1 Å². The molecule has 3 rings (SSSR count). The summed E-state index contributed by atoms with van der Waals surface area (Å²) in [5.41, 5.74) is 0.958. The van der Waals surface area contributed by atoms with Crippen molar-refractivity contribution in [2.24, 2.45) is 0 Å². The van der Waals surface area contributed by atoms with Crippen molar-refractivity contribution in [3.05, 3.63) is 77.5 Å². The van der Waals surface area contributed by atoms with E-state index in [0.29, 0.717) is 18.1 Å². The van der Waals surface area contributed by atoms with Gasteiger partial charge in [0.05, 0.1) is 12.3 Å². The van der Waals surface area contributed by atoms with Gasteiger partial charge >= 0.3 is 0 Å². The number of carbonyl (C=O) groups excluding carboxylic acids is 1. The van der Waals surface area contributed by atoms with E-state index in [9.17, 15) is 9.18 Å². The topological polar surface area (TPSA) is 60.7 Å². The first-order chi connectivity index (χ1) is 13.0. The smallest absolute Gasteiger partial charge is 0.291 e. The molecule has 0 bridgehead atoms. The fraction of sp³-hybridized carbons (Fsp3) is 0.190. The third-order valence-electron chi connectivity index (χ3n) is 3.77. The van der Waals surface area contributed by atoms with Gasteiger partial charge in [-0.05, 0) is 67.9 Å². The molecule has 1 N–H and O–H groups in total. The highest BCUT2D eigenvalue weighted by Gasteiger charge is 2.14. The van der Waals surface area contributed by atoms with Crippen LogP contribution in [0.1, 0.15) is 28.8 Å². The molecule has 0 spiro atoms. The highest BCUT2D eigenvalue weighted by molar-refractivity contribution is 6.02. The van der Waals surface area contributed by atoms with Gasteiger partial charge in [0.1, 0.15) is 29.7 Å². The fourth-order valence-electron chi connectivity index (χ4n) is 2.45. The van der Waals surface area contributed by atoms with E-state index in [1.165, 1.54) is 12.1 Å². The Morgan fingerprint density at radius 1 is 1.04 bits per heavy atom. The van der Waals surface area contributed by atoms with Gasteiger partial charge in [-0.3, -0.25) is 4.79 Å². The number of rotatable bonds is 7. The van der Waals surface area contributed by atoms with Crippen LogP contribution in [-0.2, 0) is 6.61 Å². The van der Waals surface area contributed by atoms with Crippen LogP contribution >= 0.6 is 0 Å². The number of anilines is 1. The predicted molar refractivity (Wildman–Crippen MR) is 99.7 cm³/mol. The number of ether oxygens (including phenoxy) is 2. The second-order valence-corrected chi connectivity index (χ2v) is 5.90. The first kappa shape index (κ1) is 18.5. The molecule has 1 aromatic heterocycles. The van der Waals surface area contributed by atoms with Crippen molar-refractivity contribution in [2.45, 2.75) is 20.5 Å². The molecule has 0 radical (unpaired) electrons. The van der Waals surface area contributed by atoms with Crippen LogP contribution in [0.2, 0.25) is 0 Å². The summed E-state index contributed by atoms with van der Waals surface area (Å²) in [4.78, 5) is 12.2. The Morgan fingerprint density at radius 3 is 2.44 bits per heavy atom. The minimum atomic E-state index is -0.521. The van der Waals surface area contributed by atoms with Crippen LogP contribution in [-0.4, -0.2) is 12.5 Å². The van der Waals surface area contributed by atoms with E-state index in [0.717, 1.165) is 11.3 Å². The molecule has 6 heteroatoms. The molecule has 0 fully saturated rings. The SMILES string of the molecule is CCOc1ccc(OCc2ccc(C(=O)Nc3cc(C)ccc3F)o2)cc1. The molecule has 0 saturated carbocycles. The molecule has 27 heavy (non-hydrogen) atoms. The number of amides is 1. The van der Waals surface area contributed by atoms with Gasteiger partial charge in [0.25, 0.3) is 5.91 Å². The third kappa shape index (κ3) is 4.88. The maximum Gasteiger partial charge on any atom is 0.291 e. The van der Waals surface area contributed by atoms with Gasteiger partial charge in [0.2, 0.25) is 0 Å². The van der Waals surface area contributed by atoms with Gasteiger partial charge in [-0.25, -0.2) is 4.39 Å². The van der Waals surface area contributed by atoms with Crippen LogP contribution in [0.3, 0.4) is 0 Å². The lowest BCUT2D eigenvalue weighted by molar-refractivity contribution is 0.0992. The minimum absolute atomic E-state index is 0.0844. The van der Waals surface area contributed by atoms with Crippen molar-refractivity contribution in [3.63, 3.8) is 0 Å². The first-order valence-electron chi connectivity index (χ1n) is 8.57. The van der Waals surface area contributed by atoms with Crippen LogP contribution < -0.4 is 14.8 Å². The molecule has 1 amide bonds. The average molecular weight is 369 g/mol. The van der Waals surface area contributed by atoms with Crippen molar-refractivity contribution in [2.75, 3.05) is 11.9 Å². The van der Waals surface area contributed by atoms with E-state index in [-0.39, 0.29) is 18.1 Å². The van der Waals surface area contributed by atoms with Gasteiger partial charge in [0.15, 0.2) is 5.76 Å². The molecule has 0 aliphatic carbocycles. The Hall–Kier alpha value is -3.28. The number of hydrogen-bond acceptors (Lipinski definition) is 4. The lowest BCUT2D eigenvalue weighted by Crippen LogP contribution is -2.12. The summed E-state index contributed by atoms with van der Waals surface area (Å²) in [7, 11) is 0. The summed E-state index contributed by atoms with van der Waals surface area (Å²) in [6.45, 7) is 4.50. The van der Waals surface area contributed by atoms with E-state index >= 15 is 0 Å². The molecule has 0 aliphatic rings. The quantitative estimate of drug-likeness (QED) is 0.640. The largest absolute Gasteiger partial charge is 0.494 e. The van der Waals surface area contributed by atoms with Crippen LogP contribution in [0, 0.1) is 12.7 Å². The number of aryl methyl sites for hydroxylation is 1. The number of furan rings is 1. The Bertz CT molecular complexity index is 918. The first-order valence-corrected chi connectivity index (χ1v) is 8.57. The van der Waals surface area contributed by atoms with Crippen molar-refractivity contribution in [3.8, 4) is 11.5 Å². The molecule has 140 valence electrons. The van der Waals surface area contributed by atoms with E-state index in [1.54, 1.807) is 30.3 Å². The summed E-state index contributed by atoms with van der Waals surface area (Å²) in [6.07, 6.45) is 0. The molecule has 0 unspecified atom stereocenters. The predicted octanol–water partition coefficient (Wildman–Crippen LogP) is 4.96. The van der Waals surface area contributed by atoms with Crippen molar-refractivity contribution in [1.82, 2.24) is 0 Å². The number of benzene rings is 2. The lowest BCUT2D eigenvalue weighted by Gasteiger charge is -2.07. The zero-order chi connectivity index (χ0) is 19.2. The van der Waals surface area contributed by atoms with Gasteiger partial charge < -0.3 is 19.2 Å². The average Bonchev–Trinajstić information content (AvgIpc) is 3.14. The number of carbonyl (C=O) groups is 1. The lowest BCUT2D eigenvalue weighted by atomic mass is 10.2. The van der Waals surface area contributed by atoms with Gasteiger partial charge in [-0.1, -0.05) is 6.07 Å². The van der Waals surface area contributed by atoms with Crippen molar-refractivity contribution in [1.29, 1.82) is 0 Å². The minimum Gasteiger partial charge on any atom is -0.494 e. The monoisotopic (exact) mass is 369 g/mol. The molecule has 0 saturated heterocycles. The van der Waals surface area contributed by atoms with Gasteiger partial charge in [-0.2, -0.15) is 0 Å². The zero-order valence-corrected chi connectivity index (χ0v) is 15.1. The van der Waals surface area contributed by atoms with Gasteiger partial charge in [0, 0.05) is 0 Å². The van der Waals surface area contributed by atoms with Crippen LogP contribution in [0.15, 0.2) is 59.0 Å². The Morgan fingerprint density at radius 2 is 1.74 bits per heavy atom. The molecule has 0 aliphatic heterocycles.